The van der Waals surface area contributed by atoms with Gasteiger partial charge >= 0.3 is 0 Å². The Morgan fingerprint density at radius 1 is 0.848 bits per heavy atom. The molecular formula is C25H23N5O2S. The van der Waals surface area contributed by atoms with Crippen LogP contribution in [0.15, 0.2) is 70.6 Å². The molecular weight excluding hydrogens is 434 g/mol. The van der Waals surface area contributed by atoms with E-state index < -0.39 is 9.84 Å². The summed E-state index contributed by atoms with van der Waals surface area (Å²) in [5.74, 6) is 0.544. The van der Waals surface area contributed by atoms with Gasteiger partial charge in [-0.25, -0.2) is 13.4 Å². The minimum absolute atomic E-state index is 0.162. The molecule has 0 aliphatic rings. The van der Waals surface area contributed by atoms with E-state index in [2.05, 4.69) is 21.7 Å². The normalized spacial score (nSPS) is 11.9. The third-order valence-electron chi connectivity index (χ3n) is 5.59. The lowest BCUT2D eigenvalue weighted by atomic mass is 10.1. The Hall–Kier alpha value is -3.78. The third-order valence-corrected chi connectivity index (χ3v) is 7.39. The Kier molecular flexibility index (Phi) is 4.90. The van der Waals surface area contributed by atoms with E-state index in [4.69, 9.17) is 4.98 Å². The Morgan fingerprint density at radius 3 is 2.33 bits per heavy atom. The summed E-state index contributed by atoms with van der Waals surface area (Å²) in [7, 11) is -3.93. The van der Waals surface area contributed by atoms with Crippen LogP contribution in [0.4, 0.5) is 11.5 Å². The standard InChI is InChI=1S/C25H23N5O2S/c1-15-9-10-18(4)22(14-15)33(31,32)25-24-27-23(26-19-12-16(2)11-17(3)13-19)20-7-5-6-8-21(20)30(24)29-28-25/h5-14H,1-4H3,(H,26,27). The molecule has 0 bridgehead atoms. The highest BCUT2D eigenvalue weighted by Crippen LogP contribution is 2.31. The number of benzene rings is 3. The van der Waals surface area contributed by atoms with Crippen LogP contribution in [-0.4, -0.2) is 28.2 Å². The summed E-state index contributed by atoms with van der Waals surface area (Å²) >= 11 is 0. The minimum atomic E-state index is -3.93. The van der Waals surface area contributed by atoms with E-state index in [-0.39, 0.29) is 15.6 Å². The lowest BCUT2D eigenvalue weighted by Gasteiger charge is -2.12. The van der Waals surface area contributed by atoms with E-state index in [1.165, 1.54) is 4.52 Å². The molecule has 0 fully saturated rings. The van der Waals surface area contributed by atoms with Crippen molar-refractivity contribution in [3.63, 3.8) is 0 Å². The van der Waals surface area contributed by atoms with Crippen LogP contribution in [0.25, 0.3) is 16.6 Å². The second-order valence-corrected chi connectivity index (χ2v) is 10.2. The fourth-order valence-electron chi connectivity index (χ4n) is 4.10. The predicted molar refractivity (Wildman–Crippen MR) is 129 cm³/mol. The molecule has 0 radical (unpaired) electrons. The Labute approximate surface area is 192 Å². The molecule has 0 atom stereocenters. The molecule has 7 nitrogen and oxygen atoms in total. The maximum atomic E-state index is 13.6. The maximum absolute atomic E-state index is 13.6. The van der Waals surface area contributed by atoms with Crippen LogP contribution in [0.2, 0.25) is 0 Å². The van der Waals surface area contributed by atoms with Gasteiger partial charge in [-0.2, -0.15) is 4.52 Å². The van der Waals surface area contributed by atoms with Crippen molar-refractivity contribution < 1.29 is 8.42 Å². The van der Waals surface area contributed by atoms with Crippen molar-refractivity contribution in [1.29, 1.82) is 0 Å². The van der Waals surface area contributed by atoms with Gasteiger partial charge in [0, 0.05) is 11.1 Å². The van der Waals surface area contributed by atoms with Gasteiger partial charge in [0.2, 0.25) is 14.9 Å². The summed E-state index contributed by atoms with van der Waals surface area (Å²) in [5, 5.41) is 12.3. The fraction of sp³-hybridized carbons (Fsp3) is 0.160. The second kappa shape index (κ2) is 7.67. The van der Waals surface area contributed by atoms with Crippen molar-refractivity contribution >= 4 is 37.9 Å². The Balaban J connectivity index is 1.76. The molecule has 0 aliphatic heterocycles. The first-order valence-electron chi connectivity index (χ1n) is 10.6. The van der Waals surface area contributed by atoms with Gasteiger partial charge in [0.05, 0.1) is 10.4 Å². The van der Waals surface area contributed by atoms with Crippen LogP contribution < -0.4 is 5.32 Å². The lowest BCUT2D eigenvalue weighted by Crippen LogP contribution is -2.07. The molecule has 0 saturated heterocycles. The highest BCUT2D eigenvalue weighted by molar-refractivity contribution is 7.91. The van der Waals surface area contributed by atoms with E-state index in [0.717, 1.165) is 27.8 Å². The van der Waals surface area contributed by atoms with E-state index in [1.54, 1.807) is 19.1 Å². The Bertz CT molecular complexity index is 1630. The number of fused-ring (bicyclic) bond motifs is 3. The van der Waals surface area contributed by atoms with Gasteiger partial charge in [0.25, 0.3) is 0 Å². The zero-order chi connectivity index (χ0) is 23.3. The van der Waals surface area contributed by atoms with Crippen molar-refractivity contribution in [2.75, 3.05) is 5.32 Å². The number of aryl methyl sites for hydroxylation is 4. The van der Waals surface area contributed by atoms with Gasteiger partial charge in [-0.05, 0) is 80.3 Å². The van der Waals surface area contributed by atoms with Crippen molar-refractivity contribution in [1.82, 2.24) is 19.8 Å². The van der Waals surface area contributed by atoms with Crippen LogP contribution in [-0.2, 0) is 9.84 Å². The molecule has 33 heavy (non-hydrogen) atoms. The van der Waals surface area contributed by atoms with Gasteiger partial charge in [-0.15, -0.1) is 5.10 Å². The fourth-order valence-corrected chi connectivity index (χ4v) is 5.66. The summed E-state index contributed by atoms with van der Waals surface area (Å²) in [6.07, 6.45) is 0. The number of hydrogen-bond acceptors (Lipinski definition) is 6. The van der Waals surface area contributed by atoms with Crippen LogP contribution >= 0.6 is 0 Å². The number of nitrogens with zero attached hydrogens (tertiary/aromatic N) is 4. The molecule has 0 aliphatic carbocycles. The molecule has 166 valence electrons. The Morgan fingerprint density at radius 2 is 1.58 bits per heavy atom. The molecule has 8 heteroatoms. The molecule has 5 aromatic rings. The van der Waals surface area contributed by atoms with Crippen molar-refractivity contribution in [3.8, 4) is 0 Å². The molecule has 5 rings (SSSR count). The van der Waals surface area contributed by atoms with Crippen LogP contribution in [0.3, 0.4) is 0 Å². The van der Waals surface area contributed by atoms with Crippen molar-refractivity contribution in [2.24, 2.45) is 0 Å². The number of sulfone groups is 1. The first-order chi connectivity index (χ1) is 15.7. The predicted octanol–water partition coefficient (Wildman–Crippen LogP) is 5.09. The van der Waals surface area contributed by atoms with Gasteiger partial charge in [-0.3, -0.25) is 0 Å². The lowest BCUT2D eigenvalue weighted by molar-refractivity contribution is 0.592. The van der Waals surface area contributed by atoms with Crippen LogP contribution in [0, 0.1) is 27.7 Å². The first kappa shape index (κ1) is 21.1. The number of anilines is 2. The molecule has 1 N–H and O–H groups in total. The smallest absolute Gasteiger partial charge is 0.229 e. The number of para-hydroxylation sites is 1. The molecule has 3 aromatic carbocycles. The van der Waals surface area contributed by atoms with Gasteiger partial charge < -0.3 is 5.32 Å². The molecule has 0 saturated carbocycles. The number of rotatable bonds is 4. The van der Waals surface area contributed by atoms with Gasteiger partial charge in [0.15, 0.2) is 5.65 Å². The molecule has 2 aromatic heterocycles. The molecule has 0 unspecified atom stereocenters. The minimum Gasteiger partial charge on any atom is -0.340 e. The number of nitrogens with one attached hydrogen (secondary N) is 1. The summed E-state index contributed by atoms with van der Waals surface area (Å²) in [4.78, 5) is 4.92. The zero-order valence-corrected chi connectivity index (χ0v) is 19.6. The summed E-state index contributed by atoms with van der Waals surface area (Å²) in [6, 6.07) is 19.1. The summed E-state index contributed by atoms with van der Waals surface area (Å²) in [5.41, 5.74) is 5.51. The van der Waals surface area contributed by atoms with Gasteiger partial charge in [0.1, 0.15) is 5.82 Å². The highest BCUT2D eigenvalue weighted by atomic mass is 32.2. The van der Waals surface area contributed by atoms with Crippen molar-refractivity contribution in [3.05, 3.63) is 82.9 Å². The van der Waals surface area contributed by atoms with E-state index in [1.807, 2.05) is 63.2 Å². The quantitative estimate of drug-likeness (QED) is 0.404. The SMILES string of the molecule is Cc1cc(C)cc(Nc2nc3c(S(=O)(=O)c4cc(C)ccc4C)nnn3c3ccccc23)c1. The largest absolute Gasteiger partial charge is 0.340 e. The van der Waals surface area contributed by atoms with E-state index >= 15 is 0 Å². The van der Waals surface area contributed by atoms with E-state index in [0.29, 0.717) is 16.9 Å². The summed E-state index contributed by atoms with van der Waals surface area (Å²) in [6.45, 7) is 7.69. The highest BCUT2D eigenvalue weighted by Gasteiger charge is 2.28. The monoisotopic (exact) mass is 457 g/mol. The van der Waals surface area contributed by atoms with E-state index in [9.17, 15) is 8.42 Å². The zero-order valence-electron chi connectivity index (χ0n) is 18.8. The third kappa shape index (κ3) is 3.62. The van der Waals surface area contributed by atoms with Crippen molar-refractivity contribution in [2.45, 2.75) is 37.6 Å². The summed E-state index contributed by atoms with van der Waals surface area (Å²) < 4.78 is 28.7. The van der Waals surface area contributed by atoms with Gasteiger partial charge in [-0.1, -0.05) is 35.5 Å². The topological polar surface area (TPSA) is 89.2 Å². The molecule has 2 heterocycles. The van der Waals surface area contributed by atoms with Crippen LogP contribution in [0.5, 0.6) is 0 Å². The second-order valence-electron chi connectivity index (χ2n) is 8.38. The molecule has 0 spiro atoms. The number of aromatic nitrogens is 4. The average molecular weight is 458 g/mol. The average Bonchev–Trinajstić information content (AvgIpc) is 3.20. The maximum Gasteiger partial charge on any atom is 0.229 e. The molecule has 0 amide bonds. The van der Waals surface area contributed by atoms with Crippen LogP contribution in [0.1, 0.15) is 22.3 Å². The first-order valence-corrected chi connectivity index (χ1v) is 12.0. The number of hydrogen-bond donors (Lipinski definition) is 1.